The van der Waals surface area contributed by atoms with Gasteiger partial charge in [0.15, 0.2) is 5.82 Å². The van der Waals surface area contributed by atoms with Crippen molar-refractivity contribution in [3.63, 3.8) is 0 Å². The zero-order valence-electron chi connectivity index (χ0n) is 25.7. The second-order valence-electron chi connectivity index (χ2n) is 11.9. The van der Waals surface area contributed by atoms with Crippen molar-refractivity contribution in [2.45, 2.75) is 82.8 Å². The number of rotatable bonds is 14. The minimum Gasteiger partial charge on any atom is -0.461 e. The molecule has 2 aliphatic carbocycles. The summed E-state index contributed by atoms with van der Waals surface area (Å²) in [6, 6.07) is 9.03. The Kier molecular flexibility index (Phi) is 10.3. The summed E-state index contributed by atoms with van der Waals surface area (Å²) in [7, 11) is -2.95. The van der Waals surface area contributed by atoms with E-state index in [2.05, 4.69) is 26.8 Å². The summed E-state index contributed by atoms with van der Waals surface area (Å²) < 4.78 is 38.9. The molecular formula is C30H40ClN6O6PS. The van der Waals surface area contributed by atoms with E-state index < -0.39 is 25.1 Å². The van der Waals surface area contributed by atoms with Crippen molar-refractivity contribution in [2.24, 2.45) is 5.92 Å². The van der Waals surface area contributed by atoms with Crippen LogP contribution in [0.4, 0.5) is 5.82 Å². The molecule has 2 N–H and O–H groups in total. The van der Waals surface area contributed by atoms with Gasteiger partial charge in [0, 0.05) is 29.9 Å². The molecule has 3 fully saturated rings. The average molecular weight is 679 g/mol. The summed E-state index contributed by atoms with van der Waals surface area (Å²) in [5, 5.41) is 6.57. The van der Waals surface area contributed by atoms with Crippen molar-refractivity contribution in [1.29, 1.82) is 0 Å². The largest absolute Gasteiger partial charge is 0.461 e. The van der Waals surface area contributed by atoms with E-state index >= 15 is 0 Å². The summed E-state index contributed by atoms with van der Waals surface area (Å²) in [4.78, 5) is 25.1. The zero-order chi connectivity index (χ0) is 31.6. The second-order valence-corrected chi connectivity index (χ2v) is 14.6. The second kappa shape index (κ2) is 14.2. The van der Waals surface area contributed by atoms with Crippen LogP contribution in [0.1, 0.15) is 65.0 Å². The molecule has 5 unspecified atom stereocenters. The number of hydrazine groups is 1. The molecule has 0 amide bonds. The van der Waals surface area contributed by atoms with Crippen LogP contribution in [0.5, 0.6) is 5.75 Å². The molecule has 1 saturated heterocycles. The molecule has 3 heterocycles. The number of carbonyl (C=O) groups excluding carboxylic acids is 1. The third kappa shape index (κ3) is 7.62. The highest BCUT2D eigenvalue weighted by Gasteiger charge is 2.54. The third-order valence-electron chi connectivity index (χ3n) is 8.43. The van der Waals surface area contributed by atoms with Crippen LogP contribution < -0.4 is 19.5 Å². The van der Waals surface area contributed by atoms with Crippen molar-refractivity contribution < 1.29 is 27.5 Å². The molecule has 5 atom stereocenters. The lowest BCUT2D eigenvalue weighted by atomic mass is 10.1. The predicted octanol–water partition coefficient (Wildman–Crippen LogP) is 5.56. The van der Waals surface area contributed by atoms with Gasteiger partial charge in [-0.05, 0) is 82.2 Å². The highest BCUT2D eigenvalue weighted by atomic mass is 35.5. The van der Waals surface area contributed by atoms with Gasteiger partial charge in [0.2, 0.25) is 0 Å². The van der Waals surface area contributed by atoms with Crippen LogP contribution in [0.15, 0.2) is 42.9 Å². The third-order valence-corrected chi connectivity index (χ3v) is 10.5. The van der Waals surface area contributed by atoms with Crippen molar-refractivity contribution in [1.82, 2.24) is 24.5 Å². The molecule has 3 aliphatic rings. The Labute approximate surface area is 272 Å². The van der Waals surface area contributed by atoms with Gasteiger partial charge in [-0.2, -0.15) is 0 Å². The number of benzene rings is 1. The van der Waals surface area contributed by atoms with Crippen LogP contribution in [0.3, 0.4) is 0 Å². The number of aromatic nitrogens is 3. The van der Waals surface area contributed by atoms with Gasteiger partial charge in [0.1, 0.15) is 46.6 Å². The summed E-state index contributed by atoms with van der Waals surface area (Å²) in [5.41, 5.74) is -0.0628. The van der Waals surface area contributed by atoms with Crippen molar-refractivity contribution >= 4 is 53.9 Å². The average Bonchev–Trinajstić information content (AvgIpc) is 3.32. The normalized spacial score (nSPS) is 24.0. The fourth-order valence-corrected chi connectivity index (χ4v) is 8.00. The molecule has 244 valence electrons. The summed E-state index contributed by atoms with van der Waals surface area (Å²) in [6.07, 6.45) is 10.7. The number of hydrogen-bond donors (Lipinski definition) is 2. The van der Waals surface area contributed by atoms with Crippen molar-refractivity contribution in [2.75, 3.05) is 24.4 Å². The lowest BCUT2D eigenvalue weighted by Gasteiger charge is -2.25. The number of fused-ring (bicyclic) bond motifs is 1. The van der Waals surface area contributed by atoms with E-state index in [1.807, 2.05) is 23.8 Å². The quantitative estimate of drug-likeness (QED) is 0.127. The first-order valence-electron chi connectivity index (χ1n) is 15.4. The molecule has 6 rings (SSSR count). The fourth-order valence-electron chi connectivity index (χ4n) is 5.91. The first-order chi connectivity index (χ1) is 21.7. The van der Waals surface area contributed by atoms with E-state index in [0.29, 0.717) is 36.0 Å². The number of esters is 1. The maximum Gasteiger partial charge on any atom is 0.327 e. The highest BCUT2D eigenvalue weighted by molar-refractivity contribution is 7.82. The van der Waals surface area contributed by atoms with Gasteiger partial charge in [-0.15, -0.1) is 4.83 Å². The smallest absolute Gasteiger partial charge is 0.327 e. The van der Waals surface area contributed by atoms with Gasteiger partial charge in [-0.1, -0.05) is 18.5 Å². The van der Waals surface area contributed by atoms with Crippen LogP contribution in [-0.2, 0) is 29.8 Å². The Balaban J connectivity index is 1.14. The van der Waals surface area contributed by atoms with E-state index in [4.69, 9.17) is 30.1 Å². The fraction of sp³-hybridized carbons (Fsp3) is 0.567. The van der Waals surface area contributed by atoms with Gasteiger partial charge in [-0.25, -0.2) is 19.3 Å². The molecule has 3 aromatic rings. The van der Waals surface area contributed by atoms with Crippen molar-refractivity contribution in [3.05, 3.63) is 47.9 Å². The van der Waals surface area contributed by atoms with Gasteiger partial charge in [-0.3, -0.25) is 9.80 Å². The standard InChI is InChI=1S/C30H40ClN6O6PS/c1-4-37(35-45(3)39)27-25-13-16-36(26(25)32-19-33-27)28-20(2)17-24(41-28)18-40-44(43-23-11-9-21(31)10-12-23)34-30(14-15-30)29(38)42-22-7-5-6-8-22/h9-13,16,19-20,22,24,28,34-35H,4-8,14-15,17-18H2,1-3H3. The minimum absolute atomic E-state index is 0.00513. The van der Waals surface area contributed by atoms with Crippen LogP contribution >= 0.6 is 20.1 Å². The Bertz CT molecular complexity index is 1500. The Morgan fingerprint density at radius 3 is 2.67 bits per heavy atom. The number of carbonyl (C=O) groups is 1. The molecule has 15 heteroatoms. The Hall–Kier alpha value is -2.38. The predicted molar refractivity (Wildman–Crippen MR) is 174 cm³/mol. The lowest BCUT2D eigenvalue weighted by Crippen LogP contribution is -2.40. The molecule has 0 bridgehead atoms. The van der Waals surface area contributed by atoms with E-state index in [-0.39, 0.29) is 36.9 Å². The van der Waals surface area contributed by atoms with Crippen LogP contribution in [0, 0.1) is 5.92 Å². The maximum atomic E-state index is 13.2. The van der Waals surface area contributed by atoms with E-state index in [1.165, 1.54) is 6.33 Å². The molecular weight excluding hydrogens is 639 g/mol. The minimum atomic E-state index is -1.70. The van der Waals surface area contributed by atoms with Crippen LogP contribution in [-0.4, -0.2) is 61.9 Å². The van der Waals surface area contributed by atoms with E-state index in [0.717, 1.165) is 43.1 Å². The molecule has 1 aliphatic heterocycles. The van der Waals surface area contributed by atoms with E-state index in [9.17, 15) is 9.00 Å². The number of anilines is 1. The monoisotopic (exact) mass is 678 g/mol. The number of ether oxygens (including phenoxy) is 2. The first kappa shape index (κ1) is 32.6. The topological polar surface area (TPSA) is 129 Å². The number of hydrogen-bond acceptors (Lipinski definition) is 10. The van der Waals surface area contributed by atoms with Gasteiger partial charge in [0.05, 0.1) is 18.1 Å². The van der Waals surface area contributed by atoms with E-state index in [1.54, 1.807) is 35.5 Å². The number of nitrogens with zero attached hydrogens (tertiary/aromatic N) is 4. The van der Waals surface area contributed by atoms with Crippen molar-refractivity contribution in [3.8, 4) is 5.75 Å². The summed E-state index contributed by atoms with van der Waals surface area (Å²) >= 11 is 6.09. The molecule has 2 aromatic heterocycles. The van der Waals surface area contributed by atoms with Gasteiger partial charge < -0.3 is 23.1 Å². The van der Waals surface area contributed by atoms with Crippen LogP contribution in [0.2, 0.25) is 5.02 Å². The van der Waals surface area contributed by atoms with Crippen LogP contribution in [0.25, 0.3) is 11.0 Å². The zero-order valence-corrected chi connectivity index (χ0v) is 28.2. The van der Waals surface area contributed by atoms with Gasteiger partial charge >= 0.3 is 14.5 Å². The molecule has 1 aromatic carbocycles. The molecule has 45 heavy (non-hydrogen) atoms. The molecule has 0 radical (unpaired) electrons. The first-order valence-corrected chi connectivity index (χ1v) is 18.6. The molecule has 12 nitrogen and oxygen atoms in total. The molecule has 2 saturated carbocycles. The SMILES string of the molecule is CCN(NS(C)=O)c1ncnc2c1ccn2C1OC(COP(NC2(C(=O)OC3CCCC3)CC2)Oc2ccc(Cl)cc2)CC1C. The number of nitrogens with one attached hydrogen (secondary N) is 2. The van der Waals surface area contributed by atoms with Gasteiger partial charge in [0.25, 0.3) is 0 Å². The highest BCUT2D eigenvalue weighted by Crippen LogP contribution is 2.48. The Morgan fingerprint density at radius 1 is 1.22 bits per heavy atom. The summed E-state index contributed by atoms with van der Waals surface area (Å²) in [6.45, 7) is 4.95. The number of halogens is 1. The Morgan fingerprint density at radius 2 is 1.98 bits per heavy atom. The molecule has 0 spiro atoms. The maximum absolute atomic E-state index is 13.2. The summed E-state index contributed by atoms with van der Waals surface area (Å²) in [5.74, 6) is 1.19. The lowest BCUT2D eigenvalue weighted by molar-refractivity contribution is -0.152.